The SMILES string of the molecule is NNC(CC1CCC1)c1cccc(Br)c1Cl. The molecule has 1 aromatic rings. The first kappa shape index (κ1) is 12.4. The first-order valence-electron chi connectivity index (χ1n) is 5.62. The third-order valence-electron chi connectivity index (χ3n) is 3.35. The monoisotopic (exact) mass is 302 g/mol. The molecule has 1 aliphatic carbocycles. The smallest absolute Gasteiger partial charge is 0.0596 e. The van der Waals surface area contributed by atoms with Crippen LogP contribution in [0.25, 0.3) is 0 Å². The van der Waals surface area contributed by atoms with Crippen LogP contribution in [0.1, 0.15) is 37.3 Å². The lowest BCUT2D eigenvalue weighted by Gasteiger charge is -2.30. The van der Waals surface area contributed by atoms with Crippen molar-refractivity contribution in [1.29, 1.82) is 0 Å². The van der Waals surface area contributed by atoms with Crippen molar-refractivity contribution in [3.63, 3.8) is 0 Å². The predicted octanol–water partition coefficient (Wildman–Crippen LogP) is 3.80. The van der Waals surface area contributed by atoms with E-state index in [-0.39, 0.29) is 6.04 Å². The lowest BCUT2D eigenvalue weighted by atomic mass is 9.80. The van der Waals surface area contributed by atoms with Gasteiger partial charge in [-0.25, -0.2) is 0 Å². The lowest BCUT2D eigenvalue weighted by Crippen LogP contribution is -2.31. The minimum Gasteiger partial charge on any atom is -0.271 e. The molecule has 1 unspecified atom stereocenters. The molecule has 1 saturated carbocycles. The number of hydrazine groups is 1. The van der Waals surface area contributed by atoms with Crippen LogP contribution in [0, 0.1) is 5.92 Å². The van der Waals surface area contributed by atoms with Crippen LogP contribution >= 0.6 is 27.5 Å². The summed E-state index contributed by atoms with van der Waals surface area (Å²) in [6.45, 7) is 0. The summed E-state index contributed by atoms with van der Waals surface area (Å²) in [6, 6.07) is 6.14. The van der Waals surface area contributed by atoms with E-state index in [1.54, 1.807) is 0 Å². The number of benzene rings is 1. The fourth-order valence-electron chi connectivity index (χ4n) is 2.14. The second-order valence-electron chi connectivity index (χ2n) is 4.39. The van der Waals surface area contributed by atoms with Crippen LogP contribution in [0.15, 0.2) is 22.7 Å². The van der Waals surface area contributed by atoms with Crippen LogP contribution in [-0.4, -0.2) is 0 Å². The van der Waals surface area contributed by atoms with Crippen molar-refractivity contribution < 1.29 is 0 Å². The van der Waals surface area contributed by atoms with Crippen molar-refractivity contribution in [2.24, 2.45) is 11.8 Å². The summed E-state index contributed by atoms with van der Waals surface area (Å²) < 4.78 is 0.931. The Morgan fingerprint density at radius 2 is 2.25 bits per heavy atom. The van der Waals surface area contributed by atoms with Crippen LogP contribution < -0.4 is 11.3 Å². The van der Waals surface area contributed by atoms with E-state index in [9.17, 15) is 0 Å². The van der Waals surface area contributed by atoms with Crippen molar-refractivity contribution >= 4 is 27.5 Å². The summed E-state index contributed by atoms with van der Waals surface area (Å²) in [5.41, 5.74) is 3.97. The van der Waals surface area contributed by atoms with Gasteiger partial charge >= 0.3 is 0 Å². The van der Waals surface area contributed by atoms with Gasteiger partial charge in [0.25, 0.3) is 0 Å². The minimum atomic E-state index is 0.162. The molecule has 16 heavy (non-hydrogen) atoms. The van der Waals surface area contributed by atoms with Crippen LogP contribution in [-0.2, 0) is 0 Å². The maximum absolute atomic E-state index is 6.27. The molecule has 88 valence electrons. The summed E-state index contributed by atoms with van der Waals surface area (Å²) in [5, 5.41) is 0.768. The highest BCUT2D eigenvalue weighted by atomic mass is 79.9. The molecule has 4 heteroatoms. The molecule has 1 aliphatic rings. The van der Waals surface area contributed by atoms with Crippen molar-refractivity contribution in [3.8, 4) is 0 Å². The van der Waals surface area contributed by atoms with E-state index in [0.717, 1.165) is 27.4 Å². The molecule has 0 amide bonds. The molecule has 2 nitrogen and oxygen atoms in total. The highest BCUT2D eigenvalue weighted by molar-refractivity contribution is 9.10. The van der Waals surface area contributed by atoms with Crippen LogP contribution in [0.5, 0.6) is 0 Å². The van der Waals surface area contributed by atoms with E-state index < -0.39 is 0 Å². The molecule has 2 rings (SSSR count). The van der Waals surface area contributed by atoms with Gasteiger partial charge in [0.15, 0.2) is 0 Å². The zero-order chi connectivity index (χ0) is 11.5. The standard InChI is InChI=1S/C12H16BrClN2/c13-10-6-2-5-9(12(10)14)11(16-15)7-8-3-1-4-8/h2,5-6,8,11,16H,1,3-4,7,15H2. The Morgan fingerprint density at radius 1 is 1.50 bits per heavy atom. The first-order chi connectivity index (χ1) is 7.72. The number of halogens is 2. The molecule has 1 aromatic carbocycles. The molecule has 0 bridgehead atoms. The van der Waals surface area contributed by atoms with Gasteiger partial charge in [-0.3, -0.25) is 11.3 Å². The van der Waals surface area contributed by atoms with E-state index in [2.05, 4.69) is 21.4 Å². The third-order valence-corrected chi connectivity index (χ3v) is 4.66. The fraction of sp³-hybridized carbons (Fsp3) is 0.500. The summed E-state index contributed by atoms with van der Waals surface area (Å²) in [5.74, 6) is 6.43. The molecular weight excluding hydrogens is 288 g/mol. The average Bonchev–Trinajstić information content (AvgIpc) is 2.22. The topological polar surface area (TPSA) is 38.0 Å². The lowest BCUT2D eigenvalue weighted by molar-refractivity contribution is 0.262. The fourth-order valence-corrected chi connectivity index (χ4v) is 2.78. The highest BCUT2D eigenvalue weighted by Crippen LogP contribution is 2.37. The third kappa shape index (κ3) is 2.59. The van der Waals surface area contributed by atoms with E-state index in [4.69, 9.17) is 17.4 Å². The molecule has 0 spiro atoms. The van der Waals surface area contributed by atoms with Crippen LogP contribution in [0.2, 0.25) is 5.02 Å². The van der Waals surface area contributed by atoms with Gasteiger partial charge in [0, 0.05) is 10.5 Å². The van der Waals surface area contributed by atoms with Crippen LogP contribution in [0.4, 0.5) is 0 Å². The Bertz CT molecular complexity index is 366. The largest absolute Gasteiger partial charge is 0.271 e. The average molecular weight is 304 g/mol. The number of hydrogen-bond donors (Lipinski definition) is 2. The van der Waals surface area contributed by atoms with E-state index >= 15 is 0 Å². The zero-order valence-electron chi connectivity index (χ0n) is 9.05. The van der Waals surface area contributed by atoms with Gasteiger partial charge < -0.3 is 0 Å². The maximum Gasteiger partial charge on any atom is 0.0596 e. The number of nitrogens with two attached hydrogens (primary N) is 1. The van der Waals surface area contributed by atoms with E-state index in [1.807, 2.05) is 18.2 Å². The molecule has 0 aliphatic heterocycles. The summed E-state index contributed by atoms with van der Waals surface area (Å²) in [7, 11) is 0. The number of rotatable bonds is 4. The molecule has 1 fully saturated rings. The summed E-state index contributed by atoms with van der Waals surface area (Å²) in [4.78, 5) is 0. The van der Waals surface area contributed by atoms with Crippen molar-refractivity contribution in [3.05, 3.63) is 33.3 Å². The second kappa shape index (κ2) is 5.50. The number of nitrogens with one attached hydrogen (secondary N) is 1. The molecular formula is C12H16BrClN2. The molecule has 3 N–H and O–H groups in total. The Labute approximate surface area is 110 Å². The Kier molecular flexibility index (Phi) is 4.25. The van der Waals surface area contributed by atoms with Crippen LogP contribution in [0.3, 0.4) is 0 Å². The van der Waals surface area contributed by atoms with Gasteiger partial charge in [-0.15, -0.1) is 0 Å². The van der Waals surface area contributed by atoms with Crippen molar-refractivity contribution in [2.45, 2.75) is 31.7 Å². The predicted molar refractivity (Wildman–Crippen MR) is 71.2 cm³/mol. The van der Waals surface area contributed by atoms with Crippen molar-refractivity contribution in [1.82, 2.24) is 5.43 Å². The second-order valence-corrected chi connectivity index (χ2v) is 5.63. The van der Waals surface area contributed by atoms with E-state index in [1.165, 1.54) is 19.3 Å². The molecule has 0 saturated heterocycles. The molecule has 0 heterocycles. The van der Waals surface area contributed by atoms with Crippen molar-refractivity contribution in [2.75, 3.05) is 0 Å². The highest BCUT2D eigenvalue weighted by Gasteiger charge is 2.24. The molecule has 0 radical (unpaired) electrons. The molecule has 1 atom stereocenters. The van der Waals surface area contributed by atoms with Gasteiger partial charge in [0.1, 0.15) is 0 Å². The van der Waals surface area contributed by atoms with Gasteiger partial charge in [0.05, 0.1) is 5.02 Å². The Morgan fingerprint density at radius 3 is 2.81 bits per heavy atom. The first-order valence-corrected chi connectivity index (χ1v) is 6.79. The minimum absolute atomic E-state index is 0.162. The Hall–Kier alpha value is -0.0900. The summed E-state index contributed by atoms with van der Waals surface area (Å²) in [6.07, 6.45) is 5.08. The maximum atomic E-state index is 6.27. The van der Waals surface area contributed by atoms with Gasteiger partial charge in [0.2, 0.25) is 0 Å². The Balaban J connectivity index is 2.15. The molecule has 0 aromatic heterocycles. The zero-order valence-corrected chi connectivity index (χ0v) is 11.4. The quantitative estimate of drug-likeness (QED) is 0.656. The number of hydrogen-bond acceptors (Lipinski definition) is 2. The summed E-state index contributed by atoms with van der Waals surface area (Å²) >= 11 is 9.71. The van der Waals surface area contributed by atoms with Gasteiger partial charge in [-0.05, 0) is 39.9 Å². The van der Waals surface area contributed by atoms with E-state index in [0.29, 0.717) is 0 Å². The normalized spacial score (nSPS) is 18.2. The van der Waals surface area contributed by atoms with Gasteiger partial charge in [-0.2, -0.15) is 0 Å². The van der Waals surface area contributed by atoms with Gasteiger partial charge in [-0.1, -0.05) is 43.0 Å².